The number of nitrogens with zero attached hydrogens (tertiary/aromatic N) is 3. The van der Waals surface area contributed by atoms with Crippen molar-refractivity contribution in [1.29, 1.82) is 0 Å². The van der Waals surface area contributed by atoms with E-state index in [1.54, 1.807) is 18.2 Å². The number of nitrogens with one attached hydrogen (secondary N) is 1. The lowest BCUT2D eigenvalue weighted by Gasteiger charge is -2.12. The molecular weight excluding hydrogens is 487 g/mol. The van der Waals surface area contributed by atoms with Crippen LogP contribution in [0.4, 0.5) is 5.69 Å². The van der Waals surface area contributed by atoms with Crippen LogP contribution in [0.3, 0.4) is 0 Å². The molecule has 3 aromatic carbocycles. The Hall–Kier alpha value is -2.51. The third-order valence-electron chi connectivity index (χ3n) is 4.58. The number of thioether (sulfide) groups is 1. The molecule has 162 valence electrons. The molecule has 0 radical (unpaired) electrons. The summed E-state index contributed by atoms with van der Waals surface area (Å²) in [4.78, 5) is 12.5. The fraction of sp³-hybridized carbons (Fsp3) is 0.0870. The molecule has 32 heavy (non-hydrogen) atoms. The third kappa shape index (κ3) is 5.10. The summed E-state index contributed by atoms with van der Waals surface area (Å²) in [6.07, 6.45) is 0. The predicted molar refractivity (Wildman–Crippen MR) is 132 cm³/mol. The molecule has 0 aliphatic carbocycles. The lowest BCUT2D eigenvalue weighted by Crippen LogP contribution is -2.14. The number of hydrogen-bond donors (Lipinski definition) is 1. The van der Waals surface area contributed by atoms with Crippen LogP contribution in [0.1, 0.15) is 5.56 Å². The summed E-state index contributed by atoms with van der Waals surface area (Å²) >= 11 is 19.7. The van der Waals surface area contributed by atoms with Gasteiger partial charge in [-0.25, -0.2) is 0 Å². The zero-order chi connectivity index (χ0) is 22.7. The molecule has 1 amide bonds. The van der Waals surface area contributed by atoms with Crippen molar-refractivity contribution >= 4 is 58.2 Å². The summed E-state index contributed by atoms with van der Waals surface area (Å²) in [6.45, 7) is 2.02. The Balaban J connectivity index is 1.61. The van der Waals surface area contributed by atoms with E-state index in [9.17, 15) is 4.79 Å². The Morgan fingerprint density at radius 3 is 2.41 bits per heavy atom. The van der Waals surface area contributed by atoms with E-state index in [0.29, 0.717) is 31.7 Å². The average molecular weight is 504 g/mol. The fourth-order valence-corrected chi connectivity index (χ4v) is 4.28. The van der Waals surface area contributed by atoms with Gasteiger partial charge in [0.2, 0.25) is 5.91 Å². The monoisotopic (exact) mass is 502 g/mol. The summed E-state index contributed by atoms with van der Waals surface area (Å²) in [5, 5.41) is 13.5. The molecule has 0 aliphatic rings. The van der Waals surface area contributed by atoms with Crippen LogP contribution in [0, 0.1) is 6.92 Å². The summed E-state index contributed by atoms with van der Waals surface area (Å²) in [5.74, 6) is 0.533. The first-order chi connectivity index (χ1) is 15.4. The van der Waals surface area contributed by atoms with Gasteiger partial charge in [-0.05, 0) is 49.4 Å². The van der Waals surface area contributed by atoms with E-state index in [1.165, 1.54) is 11.8 Å². The van der Waals surface area contributed by atoms with Gasteiger partial charge in [0.1, 0.15) is 0 Å². The number of aryl methyl sites for hydroxylation is 1. The summed E-state index contributed by atoms with van der Waals surface area (Å²) in [6, 6.07) is 20.4. The number of halogens is 3. The smallest absolute Gasteiger partial charge is 0.234 e. The zero-order valence-corrected chi connectivity index (χ0v) is 19.9. The van der Waals surface area contributed by atoms with Crippen molar-refractivity contribution < 1.29 is 4.79 Å². The van der Waals surface area contributed by atoms with Gasteiger partial charge in [-0.15, -0.1) is 10.2 Å². The molecule has 0 fully saturated rings. The molecule has 1 N–H and O–H groups in total. The minimum absolute atomic E-state index is 0.132. The van der Waals surface area contributed by atoms with E-state index in [0.717, 1.165) is 16.8 Å². The lowest BCUT2D eigenvalue weighted by atomic mass is 10.2. The van der Waals surface area contributed by atoms with E-state index in [4.69, 9.17) is 34.8 Å². The van der Waals surface area contributed by atoms with Gasteiger partial charge in [0.15, 0.2) is 11.0 Å². The van der Waals surface area contributed by atoms with E-state index >= 15 is 0 Å². The van der Waals surface area contributed by atoms with Crippen LogP contribution in [-0.4, -0.2) is 26.4 Å². The first kappa shape index (κ1) is 22.7. The molecule has 0 atom stereocenters. The van der Waals surface area contributed by atoms with Gasteiger partial charge in [-0.2, -0.15) is 0 Å². The number of hydrogen-bond acceptors (Lipinski definition) is 4. The molecule has 1 aromatic heterocycles. The molecule has 0 saturated carbocycles. The highest BCUT2D eigenvalue weighted by Gasteiger charge is 2.19. The second kappa shape index (κ2) is 9.96. The SMILES string of the molecule is Cc1ccc(-n2c(SCC(=O)Nc3ccc(Cl)c(Cl)c3)nnc2-c2ccccc2Cl)cc1. The Bertz CT molecular complexity index is 1270. The van der Waals surface area contributed by atoms with Gasteiger partial charge in [-0.3, -0.25) is 9.36 Å². The number of rotatable bonds is 6. The lowest BCUT2D eigenvalue weighted by molar-refractivity contribution is -0.113. The third-order valence-corrected chi connectivity index (χ3v) is 6.57. The van der Waals surface area contributed by atoms with Crippen LogP contribution < -0.4 is 5.32 Å². The number of carbonyl (C=O) groups is 1. The van der Waals surface area contributed by atoms with Gasteiger partial charge in [0.25, 0.3) is 0 Å². The molecule has 0 spiro atoms. The van der Waals surface area contributed by atoms with Crippen LogP contribution >= 0.6 is 46.6 Å². The number of benzene rings is 3. The quantitative estimate of drug-likeness (QED) is 0.290. The largest absolute Gasteiger partial charge is 0.325 e. The molecule has 9 heteroatoms. The number of aromatic nitrogens is 3. The normalized spacial score (nSPS) is 10.9. The highest BCUT2D eigenvalue weighted by atomic mass is 35.5. The van der Waals surface area contributed by atoms with Crippen molar-refractivity contribution in [2.75, 3.05) is 11.1 Å². The van der Waals surface area contributed by atoms with E-state index < -0.39 is 0 Å². The fourth-order valence-electron chi connectivity index (χ4n) is 3.01. The maximum Gasteiger partial charge on any atom is 0.234 e. The van der Waals surface area contributed by atoms with Gasteiger partial charge < -0.3 is 5.32 Å². The van der Waals surface area contributed by atoms with Crippen LogP contribution in [0.25, 0.3) is 17.1 Å². The maximum atomic E-state index is 12.5. The van der Waals surface area contributed by atoms with Crippen molar-refractivity contribution in [3.05, 3.63) is 87.4 Å². The van der Waals surface area contributed by atoms with Crippen molar-refractivity contribution in [3.8, 4) is 17.1 Å². The Morgan fingerprint density at radius 2 is 1.69 bits per heavy atom. The average Bonchev–Trinajstić information content (AvgIpc) is 3.19. The van der Waals surface area contributed by atoms with Crippen molar-refractivity contribution in [2.45, 2.75) is 12.1 Å². The summed E-state index contributed by atoms with van der Waals surface area (Å²) in [7, 11) is 0. The number of anilines is 1. The van der Waals surface area contributed by atoms with E-state index in [-0.39, 0.29) is 11.7 Å². The van der Waals surface area contributed by atoms with Crippen LogP contribution in [0.2, 0.25) is 15.1 Å². The van der Waals surface area contributed by atoms with Crippen molar-refractivity contribution in [3.63, 3.8) is 0 Å². The molecule has 1 heterocycles. The first-order valence-electron chi connectivity index (χ1n) is 9.57. The molecular formula is C23H17Cl3N4OS. The summed E-state index contributed by atoms with van der Waals surface area (Å²) in [5.41, 5.74) is 3.34. The number of amides is 1. The number of carbonyl (C=O) groups excluding carboxylic acids is 1. The summed E-state index contributed by atoms with van der Waals surface area (Å²) < 4.78 is 1.90. The van der Waals surface area contributed by atoms with Crippen molar-refractivity contribution in [1.82, 2.24) is 14.8 Å². The molecule has 0 bridgehead atoms. The minimum Gasteiger partial charge on any atom is -0.325 e. The Labute approximate surface area is 204 Å². The molecule has 4 aromatic rings. The topological polar surface area (TPSA) is 59.8 Å². The van der Waals surface area contributed by atoms with E-state index in [2.05, 4.69) is 15.5 Å². The molecule has 0 unspecified atom stereocenters. The highest BCUT2D eigenvalue weighted by molar-refractivity contribution is 7.99. The highest BCUT2D eigenvalue weighted by Crippen LogP contribution is 2.32. The standard InChI is InChI=1S/C23H17Cl3N4OS/c1-14-6-9-16(10-7-14)30-22(17-4-2-3-5-18(17)24)28-29-23(30)32-13-21(31)27-15-8-11-19(25)20(26)12-15/h2-12H,13H2,1H3,(H,27,31). The van der Waals surface area contributed by atoms with Gasteiger partial charge in [-0.1, -0.05) is 76.4 Å². The maximum absolute atomic E-state index is 12.5. The van der Waals surface area contributed by atoms with E-state index in [1.807, 2.05) is 60.0 Å². The van der Waals surface area contributed by atoms with Gasteiger partial charge in [0, 0.05) is 16.9 Å². The van der Waals surface area contributed by atoms with Crippen LogP contribution in [0.15, 0.2) is 71.9 Å². The Kier molecular flexibility index (Phi) is 7.06. The first-order valence-corrected chi connectivity index (χ1v) is 11.7. The van der Waals surface area contributed by atoms with Crippen LogP contribution in [0.5, 0.6) is 0 Å². The zero-order valence-electron chi connectivity index (χ0n) is 16.8. The van der Waals surface area contributed by atoms with Crippen LogP contribution in [-0.2, 0) is 4.79 Å². The predicted octanol–water partition coefficient (Wildman–Crippen LogP) is 6.93. The molecule has 0 saturated heterocycles. The molecule has 0 aliphatic heterocycles. The molecule has 5 nitrogen and oxygen atoms in total. The Morgan fingerprint density at radius 1 is 0.938 bits per heavy atom. The minimum atomic E-state index is -0.203. The van der Waals surface area contributed by atoms with Gasteiger partial charge in [0.05, 0.1) is 20.8 Å². The second-order valence-electron chi connectivity index (χ2n) is 6.92. The van der Waals surface area contributed by atoms with Gasteiger partial charge >= 0.3 is 0 Å². The second-order valence-corrected chi connectivity index (χ2v) is 9.09. The van der Waals surface area contributed by atoms with Crippen molar-refractivity contribution in [2.24, 2.45) is 0 Å². The molecule has 4 rings (SSSR count).